The van der Waals surface area contributed by atoms with Crippen molar-refractivity contribution in [2.45, 2.75) is 38.3 Å². The van der Waals surface area contributed by atoms with Crippen LogP contribution in [-0.4, -0.2) is 19.3 Å². The molecule has 2 aliphatic rings. The van der Waals surface area contributed by atoms with E-state index < -0.39 is 0 Å². The van der Waals surface area contributed by atoms with Gasteiger partial charge in [0.1, 0.15) is 0 Å². The molecule has 3 atom stereocenters. The Morgan fingerprint density at radius 2 is 2.09 bits per heavy atom. The van der Waals surface area contributed by atoms with Crippen molar-refractivity contribution >= 4 is 0 Å². The normalized spacial score (nSPS) is 46.6. The minimum Gasteiger partial charge on any atom is -0.380 e. The summed E-state index contributed by atoms with van der Waals surface area (Å²) in [5, 5.41) is 0. The van der Waals surface area contributed by atoms with Crippen LogP contribution in [0.3, 0.4) is 0 Å². The minimum absolute atomic E-state index is 0.397. The molecule has 0 aromatic heterocycles. The number of nitrogens with two attached hydrogens (primary N) is 1. The lowest BCUT2D eigenvalue weighted by molar-refractivity contribution is -0.191. The van der Waals surface area contributed by atoms with Crippen molar-refractivity contribution in [1.82, 2.24) is 0 Å². The van der Waals surface area contributed by atoms with Gasteiger partial charge in [-0.25, -0.2) is 0 Å². The summed E-state index contributed by atoms with van der Waals surface area (Å²) in [7, 11) is 1.81. The standard InChI is InChI=1S/C9H17NO/c1-6-7(10)9(4-3-5-9)8(6)11-2/h6-8H,3-5,10H2,1-2H3. The van der Waals surface area contributed by atoms with Gasteiger partial charge in [0, 0.05) is 18.6 Å². The quantitative estimate of drug-likeness (QED) is 0.616. The van der Waals surface area contributed by atoms with Gasteiger partial charge in [0.05, 0.1) is 6.10 Å². The largest absolute Gasteiger partial charge is 0.380 e. The van der Waals surface area contributed by atoms with Gasteiger partial charge in [-0.1, -0.05) is 13.3 Å². The molecule has 0 saturated heterocycles. The van der Waals surface area contributed by atoms with Crippen molar-refractivity contribution in [3.63, 3.8) is 0 Å². The van der Waals surface area contributed by atoms with E-state index in [0.717, 1.165) is 0 Å². The van der Waals surface area contributed by atoms with Gasteiger partial charge in [-0.15, -0.1) is 0 Å². The number of ether oxygens (including phenoxy) is 1. The Labute approximate surface area is 68.1 Å². The van der Waals surface area contributed by atoms with E-state index >= 15 is 0 Å². The van der Waals surface area contributed by atoms with Gasteiger partial charge in [0.2, 0.25) is 0 Å². The summed E-state index contributed by atoms with van der Waals surface area (Å²) in [5.74, 6) is 0.570. The van der Waals surface area contributed by atoms with Gasteiger partial charge in [0.25, 0.3) is 0 Å². The predicted octanol–water partition coefficient (Wildman–Crippen LogP) is 1.15. The molecule has 64 valence electrons. The molecule has 2 rings (SSSR count). The fourth-order valence-corrected chi connectivity index (χ4v) is 2.96. The Morgan fingerprint density at radius 3 is 2.36 bits per heavy atom. The molecule has 2 saturated carbocycles. The molecule has 2 nitrogen and oxygen atoms in total. The number of hydrogen-bond acceptors (Lipinski definition) is 2. The van der Waals surface area contributed by atoms with Crippen LogP contribution in [0.5, 0.6) is 0 Å². The van der Waals surface area contributed by atoms with E-state index in [9.17, 15) is 0 Å². The lowest BCUT2D eigenvalue weighted by Gasteiger charge is -2.63. The first kappa shape index (κ1) is 7.56. The Balaban J connectivity index is 2.09. The highest BCUT2D eigenvalue weighted by atomic mass is 16.5. The first-order chi connectivity index (χ1) is 5.22. The zero-order chi connectivity index (χ0) is 8.06. The fraction of sp³-hybridized carbons (Fsp3) is 1.00. The van der Waals surface area contributed by atoms with Gasteiger partial charge < -0.3 is 10.5 Å². The number of methoxy groups -OCH3 is 1. The van der Waals surface area contributed by atoms with Gasteiger partial charge in [0.15, 0.2) is 0 Å². The molecule has 3 unspecified atom stereocenters. The van der Waals surface area contributed by atoms with Crippen LogP contribution in [0, 0.1) is 11.3 Å². The van der Waals surface area contributed by atoms with Crippen molar-refractivity contribution in [2.24, 2.45) is 17.1 Å². The zero-order valence-corrected chi connectivity index (χ0v) is 7.34. The maximum Gasteiger partial charge on any atom is 0.0682 e. The molecule has 0 amide bonds. The lowest BCUT2D eigenvalue weighted by atomic mass is 9.47. The van der Waals surface area contributed by atoms with E-state index in [1.807, 2.05) is 7.11 Å². The second-order valence-electron chi connectivity index (χ2n) is 4.13. The molecular weight excluding hydrogens is 138 g/mol. The molecule has 0 aromatic rings. The Bertz CT molecular complexity index is 165. The molecule has 0 aliphatic heterocycles. The van der Waals surface area contributed by atoms with Crippen LogP contribution >= 0.6 is 0 Å². The van der Waals surface area contributed by atoms with Gasteiger partial charge in [-0.2, -0.15) is 0 Å². The lowest BCUT2D eigenvalue weighted by Crippen LogP contribution is -2.70. The van der Waals surface area contributed by atoms with E-state index in [0.29, 0.717) is 23.5 Å². The second kappa shape index (κ2) is 2.20. The third kappa shape index (κ3) is 0.695. The van der Waals surface area contributed by atoms with E-state index in [4.69, 9.17) is 10.5 Å². The molecule has 0 radical (unpaired) electrons. The first-order valence-corrected chi connectivity index (χ1v) is 4.51. The number of hydrogen-bond donors (Lipinski definition) is 1. The van der Waals surface area contributed by atoms with Crippen LogP contribution in [0.1, 0.15) is 26.2 Å². The molecule has 2 aliphatic carbocycles. The molecule has 2 fully saturated rings. The van der Waals surface area contributed by atoms with E-state index in [-0.39, 0.29) is 0 Å². The van der Waals surface area contributed by atoms with E-state index in [2.05, 4.69) is 6.92 Å². The van der Waals surface area contributed by atoms with Crippen LogP contribution in [-0.2, 0) is 4.74 Å². The van der Waals surface area contributed by atoms with Crippen LogP contribution < -0.4 is 5.73 Å². The monoisotopic (exact) mass is 155 g/mol. The third-order valence-electron chi connectivity index (χ3n) is 3.81. The molecule has 0 heterocycles. The van der Waals surface area contributed by atoms with Crippen molar-refractivity contribution in [1.29, 1.82) is 0 Å². The predicted molar refractivity (Wildman–Crippen MR) is 44.2 cm³/mol. The van der Waals surface area contributed by atoms with Gasteiger partial charge >= 0.3 is 0 Å². The van der Waals surface area contributed by atoms with Crippen molar-refractivity contribution < 1.29 is 4.74 Å². The Hall–Kier alpha value is -0.0800. The Kier molecular flexibility index (Phi) is 1.52. The maximum atomic E-state index is 6.05. The SMILES string of the molecule is COC1C(C)C(N)C12CCC2. The molecule has 0 aromatic carbocycles. The summed E-state index contributed by atoms with van der Waals surface area (Å²) in [4.78, 5) is 0. The zero-order valence-electron chi connectivity index (χ0n) is 7.34. The average molecular weight is 155 g/mol. The summed E-state index contributed by atoms with van der Waals surface area (Å²) in [6.07, 6.45) is 4.38. The average Bonchev–Trinajstić information content (AvgIpc) is 1.93. The highest BCUT2D eigenvalue weighted by molar-refractivity contribution is 5.14. The number of rotatable bonds is 1. The van der Waals surface area contributed by atoms with Crippen LogP contribution in [0.4, 0.5) is 0 Å². The topological polar surface area (TPSA) is 35.2 Å². The highest BCUT2D eigenvalue weighted by Gasteiger charge is 2.61. The molecule has 0 bridgehead atoms. The molecule has 2 N–H and O–H groups in total. The molecule has 1 spiro atoms. The van der Waals surface area contributed by atoms with Crippen molar-refractivity contribution in [3.8, 4) is 0 Å². The smallest absolute Gasteiger partial charge is 0.0682 e. The van der Waals surface area contributed by atoms with Crippen LogP contribution in [0.2, 0.25) is 0 Å². The summed E-state index contributed by atoms with van der Waals surface area (Å²) >= 11 is 0. The van der Waals surface area contributed by atoms with Crippen LogP contribution in [0.25, 0.3) is 0 Å². The van der Waals surface area contributed by atoms with Crippen molar-refractivity contribution in [2.75, 3.05) is 7.11 Å². The third-order valence-corrected chi connectivity index (χ3v) is 3.81. The van der Waals surface area contributed by atoms with Crippen LogP contribution in [0.15, 0.2) is 0 Å². The second-order valence-corrected chi connectivity index (χ2v) is 4.13. The van der Waals surface area contributed by atoms with Crippen molar-refractivity contribution in [3.05, 3.63) is 0 Å². The fourth-order valence-electron chi connectivity index (χ4n) is 2.96. The highest BCUT2D eigenvalue weighted by Crippen LogP contribution is 2.58. The molecule has 2 heteroatoms. The van der Waals surface area contributed by atoms with E-state index in [1.54, 1.807) is 0 Å². The maximum absolute atomic E-state index is 6.05. The first-order valence-electron chi connectivity index (χ1n) is 4.51. The van der Waals surface area contributed by atoms with E-state index in [1.165, 1.54) is 19.3 Å². The Morgan fingerprint density at radius 1 is 1.45 bits per heavy atom. The summed E-state index contributed by atoms with van der Waals surface area (Å²) in [6.45, 7) is 2.20. The summed E-state index contributed by atoms with van der Waals surface area (Å²) in [6, 6.07) is 0.404. The molecule has 11 heavy (non-hydrogen) atoms. The van der Waals surface area contributed by atoms with Gasteiger partial charge in [-0.05, 0) is 18.8 Å². The minimum atomic E-state index is 0.397. The van der Waals surface area contributed by atoms with Gasteiger partial charge in [-0.3, -0.25) is 0 Å². The molecular formula is C9H17NO. The summed E-state index contributed by atoms with van der Waals surface area (Å²) in [5.41, 5.74) is 6.45. The summed E-state index contributed by atoms with van der Waals surface area (Å²) < 4.78 is 5.45.